The van der Waals surface area contributed by atoms with Gasteiger partial charge in [0.1, 0.15) is 5.82 Å². The lowest BCUT2D eigenvalue weighted by Crippen LogP contribution is -2.13. The number of halogens is 4. The van der Waals surface area contributed by atoms with Gasteiger partial charge in [-0.25, -0.2) is 4.39 Å². The van der Waals surface area contributed by atoms with Gasteiger partial charge in [-0.2, -0.15) is 13.2 Å². The minimum absolute atomic E-state index is 0.0776. The Hall–Kier alpha value is -2.17. The fraction of sp³-hybridized carbons (Fsp3) is 0.133. The van der Waals surface area contributed by atoms with Crippen molar-refractivity contribution in [3.63, 3.8) is 0 Å². The Labute approximate surface area is 111 Å². The predicted molar refractivity (Wildman–Crippen MR) is 69.0 cm³/mol. The number of aromatic nitrogens is 1. The molecule has 0 N–H and O–H groups in total. The second-order valence-corrected chi connectivity index (χ2v) is 4.56. The van der Waals surface area contributed by atoms with E-state index in [0.717, 1.165) is 6.07 Å². The molecule has 2 aromatic carbocycles. The van der Waals surface area contributed by atoms with Crippen LogP contribution in [0, 0.1) is 5.82 Å². The highest BCUT2D eigenvalue weighted by Gasteiger charge is 2.29. The summed E-state index contributed by atoms with van der Waals surface area (Å²) in [6.07, 6.45) is -5.48. The van der Waals surface area contributed by atoms with Crippen molar-refractivity contribution < 1.29 is 17.6 Å². The number of pyridine rings is 1. The van der Waals surface area contributed by atoms with E-state index in [2.05, 4.69) is 4.98 Å². The molecule has 0 atom stereocenters. The van der Waals surface area contributed by atoms with Gasteiger partial charge in [0.15, 0.2) is 0 Å². The molecule has 1 nitrogen and oxygen atoms in total. The Kier molecular flexibility index (Phi) is 2.85. The van der Waals surface area contributed by atoms with E-state index in [4.69, 9.17) is 0 Å². The van der Waals surface area contributed by atoms with Crippen molar-refractivity contribution in [3.05, 3.63) is 54.0 Å². The predicted octanol–water partition coefficient (Wildman–Crippen LogP) is 4.63. The second-order valence-electron chi connectivity index (χ2n) is 4.56. The van der Waals surface area contributed by atoms with Crippen LogP contribution in [0.3, 0.4) is 0 Å². The van der Waals surface area contributed by atoms with E-state index in [-0.39, 0.29) is 11.2 Å². The van der Waals surface area contributed by atoms with Gasteiger partial charge in [0.25, 0.3) is 0 Å². The third kappa shape index (κ3) is 2.31. The molecule has 0 aliphatic rings. The molecule has 0 fully saturated rings. The van der Waals surface area contributed by atoms with Crippen LogP contribution in [-0.2, 0) is 6.42 Å². The van der Waals surface area contributed by atoms with Gasteiger partial charge in [0, 0.05) is 16.8 Å². The molecule has 0 aliphatic carbocycles. The molecule has 0 bridgehead atoms. The highest BCUT2D eigenvalue weighted by atomic mass is 19.4. The van der Waals surface area contributed by atoms with Gasteiger partial charge in [-0.15, -0.1) is 0 Å². The number of nitrogens with zero attached hydrogens (tertiary/aromatic N) is 1. The molecule has 0 saturated carbocycles. The van der Waals surface area contributed by atoms with Crippen LogP contribution in [0.2, 0.25) is 0 Å². The Bertz CT molecular complexity index is 793. The van der Waals surface area contributed by atoms with Crippen LogP contribution in [0.15, 0.2) is 42.5 Å². The summed E-state index contributed by atoms with van der Waals surface area (Å²) in [6, 6.07) is 10.7. The van der Waals surface area contributed by atoms with Crippen molar-refractivity contribution in [2.45, 2.75) is 12.6 Å². The molecule has 0 radical (unpaired) electrons. The lowest BCUT2D eigenvalue weighted by Gasteiger charge is -2.11. The second kappa shape index (κ2) is 4.44. The van der Waals surface area contributed by atoms with Gasteiger partial charge in [-0.05, 0) is 17.5 Å². The van der Waals surface area contributed by atoms with Crippen LogP contribution in [0.4, 0.5) is 17.6 Å². The molecule has 5 heteroatoms. The normalized spacial score (nSPS) is 12.2. The van der Waals surface area contributed by atoms with E-state index >= 15 is 0 Å². The van der Waals surface area contributed by atoms with Crippen LogP contribution in [-0.4, -0.2) is 11.2 Å². The number of hydrogen-bond acceptors (Lipinski definition) is 1. The number of benzene rings is 2. The van der Waals surface area contributed by atoms with E-state index in [1.54, 1.807) is 24.3 Å². The number of hydrogen-bond donors (Lipinski definition) is 0. The highest BCUT2D eigenvalue weighted by molar-refractivity contribution is 6.06. The lowest BCUT2D eigenvalue weighted by atomic mass is 10.0. The molecule has 0 spiro atoms. The number of alkyl halides is 3. The molecule has 3 aromatic rings. The molecule has 102 valence electrons. The van der Waals surface area contributed by atoms with E-state index in [1.165, 1.54) is 12.1 Å². The molecule has 3 rings (SSSR count). The molecular formula is C15H9F4N. The van der Waals surface area contributed by atoms with Crippen LogP contribution in [0.25, 0.3) is 21.7 Å². The first-order valence-electron chi connectivity index (χ1n) is 5.98. The molecule has 0 aliphatic heterocycles. The molecule has 1 aromatic heterocycles. The van der Waals surface area contributed by atoms with Crippen molar-refractivity contribution in [2.75, 3.05) is 0 Å². The third-order valence-corrected chi connectivity index (χ3v) is 3.11. The van der Waals surface area contributed by atoms with E-state index in [0.29, 0.717) is 16.2 Å². The van der Waals surface area contributed by atoms with Crippen molar-refractivity contribution in [2.24, 2.45) is 0 Å². The van der Waals surface area contributed by atoms with Crippen molar-refractivity contribution in [3.8, 4) is 0 Å². The van der Waals surface area contributed by atoms with E-state index in [9.17, 15) is 17.6 Å². The minimum atomic E-state index is -4.35. The van der Waals surface area contributed by atoms with Crippen LogP contribution in [0.5, 0.6) is 0 Å². The van der Waals surface area contributed by atoms with Crippen LogP contribution < -0.4 is 0 Å². The summed E-state index contributed by atoms with van der Waals surface area (Å²) in [5, 5.41) is 1.74. The number of fused-ring (bicyclic) bond motifs is 3. The molecule has 1 heterocycles. The Morgan fingerprint density at radius 1 is 0.900 bits per heavy atom. The fourth-order valence-corrected chi connectivity index (χ4v) is 2.32. The van der Waals surface area contributed by atoms with Crippen molar-refractivity contribution >= 4 is 21.7 Å². The first-order chi connectivity index (χ1) is 9.44. The summed E-state index contributed by atoms with van der Waals surface area (Å²) in [5.41, 5.74) is 0.161. The lowest BCUT2D eigenvalue weighted by molar-refractivity contribution is -0.127. The summed E-state index contributed by atoms with van der Waals surface area (Å²) >= 11 is 0. The van der Waals surface area contributed by atoms with E-state index in [1.807, 2.05) is 0 Å². The van der Waals surface area contributed by atoms with Gasteiger partial charge in [0.2, 0.25) is 0 Å². The minimum Gasteiger partial charge on any atom is -0.252 e. The van der Waals surface area contributed by atoms with Crippen LogP contribution in [0.1, 0.15) is 5.69 Å². The molecule has 0 saturated heterocycles. The molecule has 20 heavy (non-hydrogen) atoms. The summed E-state index contributed by atoms with van der Waals surface area (Å²) in [6.45, 7) is 0. The monoisotopic (exact) mass is 279 g/mol. The number of rotatable bonds is 1. The molecule has 0 unspecified atom stereocenters. The third-order valence-electron chi connectivity index (χ3n) is 3.11. The smallest absolute Gasteiger partial charge is 0.252 e. The Morgan fingerprint density at radius 3 is 2.30 bits per heavy atom. The van der Waals surface area contributed by atoms with Crippen molar-refractivity contribution in [1.82, 2.24) is 4.98 Å². The van der Waals surface area contributed by atoms with Gasteiger partial charge < -0.3 is 0 Å². The quantitative estimate of drug-likeness (QED) is 0.467. The maximum Gasteiger partial charge on any atom is 0.394 e. The van der Waals surface area contributed by atoms with Gasteiger partial charge in [0.05, 0.1) is 17.6 Å². The highest BCUT2D eigenvalue weighted by Crippen LogP contribution is 2.30. The maximum atomic E-state index is 13.2. The fourth-order valence-electron chi connectivity index (χ4n) is 2.32. The largest absolute Gasteiger partial charge is 0.394 e. The summed E-state index contributed by atoms with van der Waals surface area (Å²) < 4.78 is 51.1. The topological polar surface area (TPSA) is 12.9 Å². The van der Waals surface area contributed by atoms with Gasteiger partial charge in [-0.1, -0.05) is 24.3 Å². The SMILES string of the molecule is Fc1ccc2c(c1)nc(CC(F)(F)F)c1ccccc12. The average Bonchev–Trinajstić information content (AvgIpc) is 2.36. The zero-order valence-electron chi connectivity index (χ0n) is 10.2. The summed E-state index contributed by atoms with van der Waals surface area (Å²) in [4.78, 5) is 3.99. The zero-order valence-corrected chi connectivity index (χ0v) is 10.2. The summed E-state index contributed by atoms with van der Waals surface area (Å²) in [7, 11) is 0. The first kappa shape index (κ1) is 12.8. The zero-order chi connectivity index (χ0) is 14.3. The average molecular weight is 279 g/mol. The maximum absolute atomic E-state index is 13.2. The van der Waals surface area contributed by atoms with Crippen LogP contribution >= 0.6 is 0 Å². The molecule has 0 amide bonds. The Morgan fingerprint density at radius 2 is 1.60 bits per heavy atom. The summed E-state index contributed by atoms with van der Waals surface area (Å²) in [5.74, 6) is -0.516. The first-order valence-corrected chi connectivity index (χ1v) is 5.98. The Balaban J connectivity index is 2.37. The van der Waals surface area contributed by atoms with E-state index < -0.39 is 18.4 Å². The van der Waals surface area contributed by atoms with Crippen molar-refractivity contribution in [1.29, 1.82) is 0 Å². The standard InChI is InChI=1S/C15H9F4N/c16-9-5-6-12-10-3-1-2-4-11(10)14(8-15(17,18)19)20-13(12)7-9/h1-7H,8H2. The van der Waals surface area contributed by atoms with Gasteiger partial charge in [-0.3, -0.25) is 4.98 Å². The molecular weight excluding hydrogens is 270 g/mol. The van der Waals surface area contributed by atoms with Gasteiger partial charge >= 0.3 is 6.18 Å².